The van der Waals surface area contributed by atoms with Crippen LogP contribution in [0.5, 0.6) is 11.5 Å². The van der Waals surface area contributed by atoms with Crippen LogP contribution in [0.1, 0.15) is 42.5 Å². The van der Waals surface area contributed by atoms with Crippen molar-refractivity contribution >= 4 is 11.8 Å². The molecule has 0 spiro atoms. The first-order valence-corrected chi connectivity index (χ1v) is 8.27. The standard InChI is InChI=1S/C18H20O5/c19-15(13-3-4-16-17(7-13)23-10-22-16)9-21-18(20)8-14-6-11-1-2-12(14)5-11/h3-4,7,11-12,14H,1-2,5-6,8-10H2/t11-,12-,14+/m1/s1. The molecule has 5 heteroatoms. The average Bonchev–Trinajstić information content (AvgIpc) is 3.27. The molecule has 4 rings (SSSR count). The van der Waals surface area contributed by atoms with E-state index in [9.17, 15) is 9.59 Å². The zero-order valence-corrected chi connectivity index (χ0v) is 13.0. The largest absolute Gasteiger partial charge is 0.457 e. The van der Waals surface area contributed by atoms with Gasteiger partial charge in [-0.05, 0) is 55.2 Å². The van der Waals surface area contributed by atoms with E-state index >= 15 is 0 Å². The predicted molar refractivity (Wildman–Crippen MR) is 81.4 cm³/mol. The molecule has 0 amide bonds. The molecule has 3 aliphatic rings. The molecule has 0 N–H and O–H groups in total. The van der Waals surface area contributed by atoms with Gasteiger partial charge in [-0.15, -0.1) is 0 Å². The number of hydrogen-bond acceptors (Lipinski definition) is 5. The number of Topliss-reactive ketones (excluding diaryl/α,β-unsaturated/α-hetero) is 1. The van der Waals surface area contributed by atoms with Gasteiger partial charge in [-0.3, -0.25) is 9.59 Å². The number of ether oxygens (including phenoxy) is 3. The van der Waals surface area contributed by atoms with E-state index < -0.39 is 0 Å². The topological polar surface area (TPSA) is 61.8 Å². The van der Waals surface area contributed by atoms with Crippen molar-refractivity contribution in [2.75, 3.05) is 13.4 Å². The Bertz CT molecular complexity index is 638. The van der Waals surface area contributed by atoms with E-state index in [1.807, 2.05) is 0 Å². The Hall–Kier alpha value is -2.04. The molecule has 1 aromatic rings. The molecule has 0 saturated heterocycles. The van der Waals surface area contributed by atoms with Gasteiger partial charge >= 0.3 is 5.97 Å². The summed E-state index contributed by atoms with van der Waals surface area (Å²) in [6, 6.07) is 5.00. The van der Waals surface area contributed by atoms with Gasteiger partial charge in [0.1, 0.15) is 0 Å². The maximum absolute atomic E-state index is 12.1. The first kappa shape index (κ1) is 14.5. The van der Waals surface area contributed by atoms with Crippen molar-refractivity contribution in [2.45, 2.75) is 32.1 Å². The lowest BCUT2D eigenvalue weighted by atomic mass is 9.86. The van der Waals surface area contributed by atoms with Crippen LogP contribution in [0, 0.1) is 17.8 Å². The van der Waals surface area contributed by atoms with Crippen LogP contribution in [0.4, 0.5) is 0 Å². The minimum Gasteiger partial charge on any atom is -0.457 e. The minimum atomic E-state index is -0.253. The molecule has 122 valence electrons. The van der Waals surface area contributed by atoms with E-state index in [1.165, 1.54) is 19.3 Å². The summed E-state index contributed by atoms with van der Waals surface area (Å²) in [6.07, 6.45) is 5.44. The molecule has 0 radical (unpaired) electrons. The van der Waals surface area contributed by atoms with Gasteiger partial charge in [-0.2, -0.15) is 0 Å². The second kappa shape index (κ2) is 5.87. The molecule has 5 nitrogen and oxygen atoms in total. The van der Waals surface area contributed by atoms with E-state index in [2.05, 4.69) is 0 Å². The van der Waals surface area contributed by atoms with Crippen LogP contribution in [0.3, 0.4) is 0 Å². The summed E-state index contributed by atoms with van der Waals surface area (Å²) in [7, 11) is 0. The van der Waals surface area contributed by atoms with Gasteiger partial charge < -0.3 is 14.2 Å². The molecule has 1 aromatic carbocycles. The Morgan fingerprint density at radius 2 is 2.00 bits per heavy atom. The van der Waals surface area contributed by atoms with Gasteiger partial charge in [-0.25, -0.2) is 0 Å². The highest BCUT2D eigenvalue weighted by atomic mass is 16.7. The summed E-state index contributed by atoms with van der Waals surface area (Å²) >= 11 is 0. The molecular formula is C18H20O5. The number of carbonyl (C=O) groups is 2. The second-order valence-electron chi connectivity index (χ2n) is 6.79. The first-order chi connectivity index (χ1) is 11.2. The zero-order valence-electron chi connectivity index (χ0n) is 13.0. The van der Waals surface area contributed by atoms with Crippen LogP contribution in [0.15, 0.2) is 18.2 Å². The van der Waals surface area contributed by atoms with Crippen LogP contribution in [0.25, 0.3) is 0 Å². The maximum atomic E-state index is 12.1. The third kappa shape index (κ3) is 2.92. The number of benzene rings is 1. The molecule has 2 aliphatic carbocycles. The molecule has 0 aromatic heterocycles. The summed E-state index contributed by atoms with van der Waals surface area (Å²) in [5, 5.41) is 0. The maximum Gasteiger partial charge on any atom is 0.306 e. The number of hydrogen-bond donors (Lipinski definition) is 0. The fourth-order valence-corrected chi connectivity index (χ4v) is 4.20. The van der Waals surface area contributed by atoms with Crippen LogP contribution >= 0.6 is 0 Å². The monoisotopic (exact) mass is 316 g/mol. The lowest BCUT2D eigenvalue weighted by molar-refractivity contribution is -0.144. The fraction of sp³-hybridized carbons (Fsp3) is 0.556. The number of carbonyl (C=O) groups excluding carboxylic acids is 2. The first-order valence-electron chi connectivity index (χ1n) is 8.27. The highest BCUT2D eigenvalue weighted by molar-refractivity contribution is 5.98. The molecule has 1 heterocycles. The highest BCUT2D eigenvalue weighted by Gasteiger charge is 2.40. The molecular weight excluding hydrogens is 296 g/mol. The van der Waals surface area contributed by atoms with Crippen molar-refractivity contribution in [3.05, 3.63) is 23.8 Å². The van der Waals surface area contributed by atoms with Gasteiger partial charge in [0, 0.05) is 12.0 Å². The quantitative estimate of drug-likeness (QED) is 0.617. The predicted octanol–water partition coefficient (Wildman–Crippen LogP) is 2.97. The van der Waals surface area contributed by atoms with Gasteiger partial charge in [0.25, 0.3) is 0 Å². The van der Waals surface area contributed by atoms with E-state index in [0.29, 0.717) is 35.3 Å². The van der Waals surface area contributed by atoms with Crippen LogP contribution < -0.4 is 9.47 Å². The van der Waals surface area contributed by atoms with E-state index in [1.54, 1.807) is 18.2 Å². The van der Waals surface area contributed by atoms with Crippen molar-refractivity contribution < 1.29 is 23.8 Å². The third-order valence-corrected chi connectivity index (χ3v) is 5.37. The van der Waals surface area contributed by atoms with Crippen LogP contribution in [-0.2, 0) is 9.53 Å². The van der Waals surface area contributed by atoms with Crippen molar-refractivity contribution in [1.82, 2.24) is 0 Å². The Morgan fingerprint density at radius 1 is 1.13 bits per heavy atom. The summed E-state index contributed by atoms with van der Waals surface area (Å²) in [6.45, 7) is -0.0369. The summed E-state index contributed by atoms with van der Waals surface area (Å²) in [4.78, 5) is 24.1. The smallest absolute Gasteiger partial charge is 0.306 e. The Morgan fingerprint density at radius 3 is 2.78 bits per heavy atom. The zero-order chi connectivity index (χ0) is 15.8. The van der Waals surface area contributed by atoms with E-state index in [4.69, 9.17) is 14.2 Å². The Labute approximate surface area is 134 Å². The minimum absolute atomic E-state index is 0.172. The molecule has 1 aliphatic heterocycles. The number of rotatable bonds is 5. The summed E-state index contributed by atoms with van der Waals surface area (Å²) < 4.78 is 15.6. The third-order valence-electron chi connectivity index (χ3n) is 5.37. The van der Waals surface area contributed by atoms with Crippen LogP contribution in [-0.4, -0.2) is 25.2 Å². The summed E-state index contributed by atoms with van der Waals surface area (Å²) in [5.74, 6) is 2.69. The van der Waals surface area contributed by atoms with Crippen molar-refractivity contribution in [3.63, 3.8) is 0 Å². The Kier molecular flexibility index (Phi) is 3.71. The lowest BCUT2D eigenvalue weighted by Gasteiger charge is -2.20. The SMILES string of the molecule is O=C(C[C@@H]1C[C@@H]2CC[C@@H]1C2)OCC(=O)c1ccc2c(c1)OCO2. The normalized spacial score (nSPS) is 27.2. The van der Waals surface area contributed by atoms with Gasteiger partial charge in [0.15, 0.2) is 23.9 Å². The van der Waals surface area contributed by atoms with E-state index in [-0.39, 0.29) is 25.2 Å². The summed E-state index contributed by atoms with van der Waals surface area (Å²) in [5.41, 5.74) is 0.474. The molecule has 2 saturated carbocycles. The fourth-order valence-electron chi connectivity index (χ4n) is 4.20. The average molecular weight is 316 g/mol. The Balaban J connectivity index is 1.28. The highest BCUT2D eigenvalue weighted by Crippen LogP contribution is 2.49. The molecule has 3 atom stereocenters. The van der Waals surface area contributed by atoms with Gasteiger partial charge in [-0.1, -0.05) is 6.42 Å². The van der Waals surface area contributed by atoms with Gasteiger partial charge in [0.2, 0.25) is 6.79 Å². The number of esters is 1. The van der Waals surface area contributed by atoms with Crippen molar-refractivity contribution in [1.29, 1.82) is 0 Å². The van der Waals surface area contributed by atoms with Crippen molar-refractivity contribution in [3.8, 4) is 11.5 Å². The molecule has 2 bridgehead atoms. The molecule has 23 heavy (non-hydrogen) atoms. The molecule has 2 fully saturated rings. The van der Waals surface area contributed by atoms with Crippen LogP contribution in [0.2, 0.25) is 0 Å². The number of ketones is 1. The second-order valence-corrected chi connectivity index (χ2v) is 6.79. The number of fused-ring (bicyclic) bond motifs is 3. The van der Waals surface area contributed by atoms with Gasteiger partial charge in [0.05, 0.1) is 0 Å². The van der Waals surface area contributed by atoms with E-state index in [0.717, 1.165) is 12.3 Å². The molecule has 0 unspecified atom stereocenters. The lowest BCUT2D eigenvalue weighted by Crippen LogP contribution is -2.19. The van der Waals surface area contributed by atoms with Crippen molar-refractivity contribution in [2.24, 2.45) is 17.8 Å².